The third-order valence-corrected chi connectivity index (χ3v) is 2.39. The number of carbonyl (C=O) groups is 3. The van der Waals surface area contributed by atoms with E-state index >= 15 is 0 Å². The van der Waals surface area contributed by atoms with E-state index in [1.54, 1.807) is 0 Å². The summed E-state index contributed by atoms with van der Waals surface area (Å²) in [6, 6.07) is 0. The number of ketones is 2. The van der Waals surface area contributed by atoms with E-state index < -0.39 is 11.8 Å². The zero-order valence-corrected chi connectivity index (χ0v) is 6.52. The third-order valence-electron chi connectivity index (χ3n) is 1.42. The highest BCUT2D eigenvalue weighted by molar-refractivity contribution is 8.00. The first-order chi connectivity index (χ1) is 5.13. The van der Waals surface area contributed by atoms with E-state index in [1.165, 1.54) is 11.8 Å². The Kier molecular flexibility index (Phi) is 2.28. The molecule has 0 unspecified atom stereocenters. The topological polar surface area (TPSA) is 77.2 Å². The number of hydrogen-bond donors (Lipinski definition) is 1. The largest absolute Gasteiger partial charge is 0.369 e. The van der Waals surface area contributed by atoms with Gasteiger partial charge in [-0.05, 0) is 0 Å². The molecule has 0 bridgehead atoms. The molecule has 0 aromatic rings. The van der Waals surface area contributed by atoms with Crippen LogP contribution in [0.5, 0.6) is 0 Å². The van der Waals surface area contributed by atoms with Crippen molar-refractivity contribution in [3.8, 4) is 0 Å². The maximum atomic E-state index is 10.9. The molecule has 4 nitrogen and oxygen atoms in total. The van der Waals surface area contributed by atoms with Crippen molar-refractivity contribution >= 4 is 29.2 Å². The van der Waals surface area contributed by atoms with Gasteiger partial charge in [-0.1, -0.05) is 0 Å². The average molecular weight is 173 g/mol. The minimum Gasteiger partial charge on any atom is -0.369 e. The number of rotatable bonds is 1. The van der Waals surface area contributed by atoms with Crippen LogP contribution in [0.25, 0.3) is 0 Å². The number of amides is 1. The summed E-state index contributed by atoms with van der Waals surface area (Å²) in [6.07, 6.45) is 0. The quantitative estimate of drug-likeness (QED) is 0.514. The summed E-state index contributed by atoms with van der Waals surface area (Å²) in [5.41, 5.74) is 4.86. The van der Waals surface area contributed by atoms with Crippen molar-refractivity contribution in [2.45, 2.75) is 0 Å². The maximum Gasteiger partial charge on any atom is 0.235 e. The highest BCUT2D eigenvalue weighted by atomic mass is 32.2. The van der Waals surface area contributed by atoms with Crippen LogP contribution in [0, 0.1) is 5.92 Å². The molecule has 1 saturated heterocycles. The van der Waals surface area contributed by atoms with Gasteiger partial charge in [0.15, 0.2) is 17.5 Å². The summed E-state index contributed by atoms with van der Waals surface area (Å²) in [4.78, 5) is 32.4. The molecular weight excluding hydrogens is 166 g/mol. The number of carbonyl (C=O) groups excluding carboxylic acids is 3. The fraction of sp³-hybridized carbons (Fsp3) is 0.500. The Balaban J connectivity index is 2.79. The van der Waals surface area contributed by atoms with Crippen molar-refractivity contribution in [1.82, 2.24) is 0 Å². The summed E-state index contributed by atoms with van der Waals surface area (Å²) in [5, 5.41) is 0. The van der Waals surface area contributed by atoms with Crippen molar-refractivity contribution in [2.75, 3.05) is 11.5 Å². The van der Waals surface area contributed by atoms with Gasteiger partial charge in [-0.25, -0.2) is 0 Å². The SMILES string of the molecule is NC(=O)C1C(=O)CSCC1=O. The Morgan fingerprint density at radius 2 is 1.82 bits per heavy atom. The lowest BCUT2D eigenvalue weighted by Gasteiger charge is -2.15. The van der Waals surface area contributed by atoms with E-state index in [-0.39, 0.29) is 23.1 Å². The van der Waals surface area contributed by atoms with Crippen LogP contribution < -0.4 is 5.73 Å². The van der Waals surface area contributed by atoms with Gasteiger partial charge in [0.25, 0.3) is 0 Å². The number of Topliss-reactive ketones (excluding diaryl/α,β-unsaturated/α-hetero) is 2. The molecule has 1 fully saturated rings. The van der Waals surface area contributed by atoms with Crippen molar-refractivity contribution in [3.63, 3.8) is 0 Å². The van der Waals surface area contributed by atoms with Gasteiger partial charge in [0, 0.05) is 0 Å². The molecule has 60 valence electrons. The van der Waals surface area contributed by atoms with Gasteiger partial charge in [-0.3, -0.25) is 14.4 Å². The highest BCUT2D eigenvalue weighted by Gasteiger charge is 2.34. The summed E-state index contributed by atoms with van der Waals surface area (Å²) in [7, 11) is 0. The molecule has 1 heterocycles. The number of thioether (sulfide) groups is 1. The number of hydrogen-bond acceptors (Lipinski definition) is 4. The molecule has 0 spiro atoms. The molecule has 1 aliphatic heterocycles. The summed E-state index contributed by atoms with van der Waals surface area (Å²) >= 11 is 1.23. The van der Waals surface area contributed by atoms with Gasteiger partial charge in [0.05, 0.1) is 11.5 Å². The van der Waals surface area contributed by atoms with Crippen LogP contribution >= 0.6 is 11.8 Å². The minimum absolute atomic E-state index is 0.222. The van der Waals surface area contributed by atoms with Gasteiger partial charge >= 0.3 is 0 Å². The van der Waals surface area contributed by atoms with E-state index in [4.69, 9.17) is 5.73 Å². The molecule has 0 aliphatic carbocycles. The van der Waals surface area contributed by atoms with Gasteiger partial charge in [0.2, 0.25) is 5.91 Å². The van der Waals surface area contributed by atoms with Gasteiger partial charge < -0.3 is 5.73 Å². The lowest BCUT2D eigenvalue weighted by Crippen LogP contribution is -2.41. The van der Waals surface area contributed by atoms with Crippen molar-refractivity contribution in [2.24, 2.45) is 11.7 Å². The molecule has 1 rings (SSSR count). The van der Waals surface area contributed by atoms with Gasteiger partial charge in [-0.2, -0.15) is 0 Å². The zero-order valence-electron chi connectivity index (χ0n) is 5.70. The summed E-state index contributed by atoms with van der Waals surface area (Å²) in [6.45, 7) is 0. The first kappa shape index (κ1) is 8.26. The lowest BCUT2D eigenvalue weighted by atomic mass is 10.00. The van der Waals surface area contributed by atoms with E-state index in [1.807, 2.05) is 0 Å². The first-order valence-electron chi connectivity index (χ1n) is 3.05. The predicted octanol–water partition coefficient (Wildman–Crippen LogP) is -1.03. The second kappa shape index (κ2) is 3.04. The van der Waals surface area contributed by atoms with Crippen molar-refractivity contribution < 1.29 is 14.4 Å². The summed E-state index contributed by atoms with van der Waals surface area (Å²) < 4.78 is 0. The van der Waals surface area contributed by atoms with Crippen LogP contribution in [0.2, 0.25) is 0 Å². The fourth-order valence-electron chi connectivity index (χ4n) is 0.916. The molecule has 0 saturated carbocycles. The smallest absolute Gasteiger partial charge is 0.235 e. The van der Waals surface area contributed by atoms with E-state index in [0.29, 0.717) is 0 Å². The predicted molar refractivity (Wildman–Crippen MR) is 40.0 cm³/mol. The molecule has 1 amide bonds. The Hall–Kier alpha value is -0.840. The summed E-state index contributed by atoms with van der Waals surface area (Å²) in [5.74, 6) is -2.27. The Morgan fingerprint density at radius 3 is 2.09 bits per heavy atom. The Labute approximate surface area is 67.5 Å². The molecule has 0 aromatic heterocycles. The Bertz CT molecular complexity index is 210. The standard InChI is InChI=1S/C6H7NO3S/c7-6(10)5-3(8)1-11-2-4(5)9/h5H,1-2H2,(H2,7,10). The van der Waals surface area contributed by atoms with E-state index in [9.17, 15) is 14.4 Å². The van der Waals surface area contributed by atoms with Crippen LogP contribution in [0.3, 0.4) is 0 Å². The molecule has 0 atom stereocenters. The lowest BCUT2D eigenvalue weighted by molar-refractivity contribution is -0.137. The zero-order chi connectivity index (χ0) is 8.43. The first-order valence-corrected chi connectivity index (χ1v) is 4.21. The second-order valence-corrected chi connectivity index (χ2v) is 3.25. The molecule has 2 N–H and O–H groups in total. The molecule has 1 aliphatic rings. The normalized spacial score (nSPS) is 20.4. The molecular formula is C6H7NO3S. The third kappa shape index (κ3) is 1.59. The van der Waals surface area contributed by atoms with Crippen molar-refractivity contribution in [1.29, 1.82) is 0 Å². The van der Waals surface area contributed by atoms with E-state index in [0.717, 1.165) is 0 Å². The van der Waals surface area contributed by atoms with Crippen LogP contribution in [-0.4, -0.2) is 29.0 Å². The second-order valence-electron chi connectivity index (χ2n) is 2.26. The number of nitrogens with two attached hydrogens (primary N) is 1. The average Bonchev–Trinajstić information content (AvgIpc) is 1.85. The minimum atomic E-state index is -1.17. The van der Waals surface area contributed by atoms with Crippen LogP contribution in [0.4, 0.5) is 0 Å². The maximum absolute atomic E-state index is 10.9. The van der Waals surface area contributed by atoms with Crippen LogP contribution in [-0.2, 0) is 14.4 Å². The molecule has 0 radical (unpaired) electrons. The van der Waals surface area contributed by atoms with Gasteiger partial charge in [-0.15, -0.1) is 11.8 Å². The molecule has 11 heavy (non-hydrogen) atoms. The monoisotopic (exact) mass is 173 g/mol. The molecule has 0 aromatic carbocycles. The van der Waals surface area contributed by atoms with Crippen LogP contribution in [0.15, 0.2) is 0 Å². The van der Waals surface area contributed by atoms with E-state index in [2.05, 4.69) is 0 Å². The Morgan fingerprint density at radius 1 is 1.36 bits per heavy atom. The van der Waals surface area contributed by atoms with Crippen molar-refractivity contribution in [3.05, 3.63) is 0 Å². The molecule has 5 heteroatoms. The van der Waals surface area contributed by atoms with Crippen LogP contribution in [0.1, 0.15) is 0 Å². The highest BCUT2D eigenvalue weighted by Crippen LogP contribution is 2.16. The van der Waals surface area contributed by atoms with Gasteiger partial charge in [0.1, 0.15) is 0 Å². The number of primary amides is 1. The fourth-order valence-corrected chi connectivity index (χ4v) is 1.75.